The Bertz CT molecular complexity index is 687. The number of aliphatic hydroxyl groups is 2. The van der Waals surface area contributed by atoms with Gasteiger partial charge in [0.15, 0.2) is 0 Å². The maximum atomic E-state index is 13.7. The fourth-order valence-electron chi connectivity index (χ4n) is 5.50. The Kier molecular flexibility index (Phi) is 6.42. The number of rotatable bonds is 6. The van der Waals surface area contributed by atoms with Crippen LogP contribution in [-0.4, -0.2) is 69.9 Å². The van der Waals surface area contributed by atoms with Crippen LogP contribution in [0.15, 0.2) is 24.3 Å². The summed E-state index contributed by atoms with van der Waals surface area (Å²) in [5.41, 5.74) is 0.841. The van der Waals surface area contributed by atoms with E-state index in [1.54, 1.807) is 0 Å². The molecule has 2 heterocycles. The van der Waals surface area contributed by atoms with E-state index < -0.39 is 0 Å². The molecule has 6 nitrogen and oxygen atoms in total. The third-order valence-corrected chi connectivity index (χ3v) is 7.04. The number of aliphatic hydroxyl groups excluding tert-OH is 2. The van der Waals surface area contributed by atoms with E-state index in [0.717, 1.165) is 76.8 Å². The molecule has 1 unspecified atom stereocenters. The Morgan fingerprint density at radius 2 is 1.72 bits per heavy atom. The number of carbonyl (C=O) groups excluding carboxylic acids is 1. The third kappa shape index (κ3) is 4.30. The summed E-state index contributed by atoms with van der Waals surface area (Å²) in [5, 5.41) is 18.7. The van der Waals surface area contributed by atoms with E-state index in [9.17, 15) is 9.90 Å². The summed E-state index contributed by atoms with van der Waals surface area (Å²) < 4.78 is 5.45. The Morgan fingerprint density at radius 3 is 2.41 bits per heavy atom. The lowest BCUT2D eigenvalue weighted by molar-refractivity contribution is -0.152. The number of carbonyl (C=O) groups is 1. The quantitative estimate of drug-likeness (QED) is 0.764. The highest BCUT2D eigenvalue weighted by atomic mass is 16.5. The van der Waals surface area contributed by atoms with Gasteiger partial charge in [-0.15, -0.1) is 0 Å². The van der Waals surface area contributed by atoms with E-state index in [0.29, 0.717) is 18.6 Å². The van der Waals surface area contributed by atoms with Gasteiger partial charge in [-0.3, -0.25) is 9.69 Å². The van der Waals surface area contributed by atoms with Crippen LogP contribution in [-0.2, 0) is 11.3 Å². The van der Waals surface area contributed by atoms with Crippen molar-refractivity contribution in [2.75, 3.05) is 26.3 Å². The van der Waals surface area contributed by atoms with Crippen molar-refractivity contribution in [3.63, 3.8) is 0 Å². The molecule has 1 amide bonds. The van der Waals surface area contributed by atoms with Gasteiger partial charge < -0.3 is 19.8 Å². The van der Waals surface area contributed by atoms with E-state index in [2.05, 4.69) is 21.9 Å². The first-order valence-corrected chi connectivity index (χ1v) is 11.2. The number of ether oxygens (including phenoxy) is 1. The molecule has 160 valence electrons. The van der Waals surface area contributed by atoms with Gasteiger partial charge in [-0.05, 0) is 75.6 Å². The van der Waals surface area contributed by atoms with Gasteiger partial charge in [-0.1, -0.05) is 12.1 Å². The number of amides is 1. The molecule has 1 saturated carbocycles. The number of likely N-dealkylation sites (tertiary alicyclic amines) is 2. The summed E-state index contributed by atoms with van der Waals surface area (Å²) in [6.07, 6.45) is 7.34. The summed E-state index contributed by atoms with van der Waals surface area (Å²) in [6.45, 7) is 2.93. The van der Waals surface area contributed by atoms with Crippen LogP contribution in [0.2, 0.25) is 0 Å². The van der Waals surface area contributed by atoms with Gasteiger partial charge in [-0.25, -0.2) is 0 Å². The highest BCUT2D eigenvalue weighted by molar-refractivity contribution is 5.87. The van der Waals surface area contributed by atoms with Crippen molar-refractivity contribution >= 4 is 5.91 Å². The van der Waals surface area contributed by atoms with E-state index >= 15 is 0 Å². The lowest BCUT2D eigenvalue weighted by Crippen LogP contribution is -2.62. The standard InChI is InChI=1S/C23H34N2O4/c26-15-16-29-21-9-3-18(4-10-21)17-24-13-1-11-23(24)12-2-14-25(22(23)28)19-5-7-20(27)8-6-19/h3-4,9-10,19-20,26-27H,1-2,5-8,11-17H2. The molecule has 1 aromatic carbocycles. The maximum Gasteiger partial charge on any atom is 0.243 e. The maximum absolute atomic E-state index is 13.7. The molecule has 1 aliphatic carbocycles. The van der Waals surface area contributed by atoms with Gasteiger partial charge in [0, 0.05) is 19.1 Å². The van der Waals surface area contributed by atoms with Gasteiger partial charge in [0.1, 0.15) is 17.9 Å². The Balaban J connectivity index is 1.45. The fraction of sp³-hybridized carbons (Fsp3) is 0.696. The first kappa shape index (κ1) is 20.6. The molecule has 2 aliphatic heterocycles. The van der Waals surface area contributed by atoms with Crippen LogP contribution in [0.25, 0.3) is 0 Å². The number of hydrogen-bond donors (Lipinski definition) is 2. The zero-order valence-corrected chi connectivity index (χ0v) is 17.3. The first-order chi connectivity index (χ1) is 14.1. The highest BCUT2D eigenvalue weighted by Crippen LogP contribution is 2.41. The van der Waals surface area contributed by atoms with Crippen LogP contribution >= 0.6 is 0 Å². The average molecular weight is 403 g/mol. The largest absolute Gasteiger partial charge is 0.491 e. The Morgan fingerprint density at radius 1 is 1.03 bits per heavy atom. The predicted octanol–water partition coefficient (Wildman–Crippen LogP) is 2.32. The van der Waals surface area contributed by atoms with Crippen molar-refractivity contribution in [2.45, 2.75) is 75.6 Å². The van der Waals surface area contributed by atoms with Crippen molar-refractivity contribution in [3.05, 3.63) is 29.8 Å². The Labute approximate surface area is 173 Å². The summed E-state index contributed by atoms with van der Waals surface area (Å²) in [7, 11) is 0. The van der Waals surface area contributed by atoms with E-state index in [-0.39, 0.29) is 18.2 Å². The van der Waals surface area contributed by atoms with Crippen LogP contribution < -0.4 is 4.74 Å². The molecule has 0 aromatic heterocycles. The van der Waals surface area contributed by atoms with Crippen LogP contribution in [0.5, 0.6) is 5.75 Å². The van der Waals surface area contributed by atoms with Crippen LogP contribution in [0.4, 0.5) is 0 Å². The topological polar surface area (TPSA) is 73.2 Å². The van der Waals surface area contributed by atoms with E-state index in [1.165, 1.54) is 5.56 Å². The smallest absolute Gasteiger partial charge is 0.243 e. The third-order valence-electron chi connectivity index (χ3n) is 7.04. The SMILES string of the molecule is O=C1N(C2CCC(O)CC2)CCCC12CCCN2Cc1ccc(OCCO)cc1. The summed E-state index contributed by atoms with van der Waals surface area (Å²) >= 11 is 0. The Hall–Kier alpha value is -1.63. The van der Waals surface area contributed by atoms with Gasteiger partial charge in [0.25, 0.3) is 0 Å². The normalized spacial score (nSPS) is 30.8. The van der Waals surface area contributed by atoms with Gasteiger partial charge in [0.05, 0.1) is 12.7 Å². The molecule has 1 aromatic rings. The van der Waals surface area contributed by atoms with Gasteiger partial charge >= 0.3 is 0 Å². The predicted molar refractivity (Wildman–Crippen MR) is 111 cm³/mol. The second kappa shape index (κ2) is 9.02. The number of hydrogen-bond acceptors (Lipinski definition) is 5. The molecule has 2 saturated heterocycles. The second-order valence-corrected chi connectivity index (χ2v) is 8.84. The molecule has 4 rings (SSSR count). The molecule has 6 heteroatoms. The second-order valence-electron chi connectivity index (χ2n) is 8.84. The molecule has 3 aliphatic rings. The number of piperidine rings is 1. The number of benzene rings is 1. The minimum atomic E-state index is -0.347. The van der Waals surface area contributed by atoms with E-state index in [4.69, 9.17) is 9.84 Å². The van der Waals surface area contributed by atoms with Gasteiger partial charge in [0.2, 0.25) is 5.91 Å². The van der Waals surface area contributed by atoms with Crippen LogP contribution in [0, 0.1) is 0 Å². The lowest BCUT2D eigenvalue weighted by Gasteiger charge is -2.48. The van der Waals surface area contributed by atoms with Crippen LogP contribution in [0.1, 0.15) is 56.9 Å². The van der Waals surface area contributed by atoms with Crippen molar-refractivity contribution in [2.24, 2.45) is 0 Å². The van der Waals surface area contributed by atoms with Crippen molar-refractivity contribution in [3.8, 4) is 5.75 Å². The summed E-state index contributed by atoms with van der Waals surface area (Å²) in [6, 6.07) is 8.30. The molecule has 0 bridgehead atoms. The molecule has 0 radical (unpaired) electrons. The average Bonchev–Trinajstić information content (AvgIpc) is 3.13. The first-order valence-electron chi connectivity index (χ1n) is 11.2. The van der Waals surface area contributed by atoms with Gasteiger partial charge in [-0.2, -0.15) is 0 Å². The van der Waals surface area contributed by atoms with E-state index in [1.807, 2.05) is 12.1 Å². The molecule has 29 heavy (non-hydrogen) atoms. The van der Waals surface area contributed by atoms with Crippen LogP contribution in [0.3, 0.4) is 0 Å². The van der Waals surface area contributed by atoms with Crippen molar-refractivity contribution in [1.29, 1.82) is 0 Å². The fourth-order valence-corrected chi connectivity index (χ4v) is 5.50. The zero-order valence-electron chi connectivity index (χ0n) is 17.3. The van der Waals surface area contributed by atoms with Crippen molar-refractivity contribution < 1.29 is 19.7 Å². The molecular weight excluding hydrogens is 368 g/mol. The number of nitrogens with zero attached hydrogens (tertiary/aromatic N) is 2. The molecule has 1 atom stereocenters. The molecule has 3 fully saturated rings. The molecular formula is C23H34N2O4. The summed E-state index contributed by atoms with van der Waals surface area (Å²) in [4.78, 5) is 18.2. The highest BCUT2D eigenvalue weighted by Gasteiger charge is 2.51. The molecule has 2 N–H and O–H groups in total. The minimum absolute atomic E-state index is 0.0105. The zero-order chi connectivity index (χ0) is 20.3. The van der Waals surface area contributed by atoms with Crippen molar-refractivity contribution in [1.82, 2.24) is 9.80 Å². The molecule has 1 spiro atoms. The minimum Gasteiger partial charge on any atom is -0.491 e. The monoisotopic (exact) mass is 402 g/mol. The summed E-state index contributed by atoms with van der Waals surface area (Å²) in [5.74, 6) is 1.09. The lowest BCUT2D eigenvalue weighted by atomic mass is 9.82.